The summed E-state index contributed by atoms with van der Waals surface area (Å²) >= 11 is 3.40. The van der Waals surface area contributed by atoms with Crippen LogP contribution >= 0.6 is 15.9 Å². The molecule has 0 spiro atoms. The smallest absolute Gasteiger partial charge is 0.186 e. The first-order valence-corrected chi connectivity index (χ1v) is 8.16. The van der Waals surface area contributed by atoms with Gasteiger partial charge >= 0.3 is 0 Å². The summed E-state index contributed by atoms with van der Waals surface area (Å²) in [6, 6.07) is 25.8. The molecule has 0 aromatic heterocycles. The summed E-state index contributed by atoms with van der Waals surface area (Å²) in [5, 5.41) is 0. The van der Waals surface area contributed by atoms with Crippen LogP contribution in [0.25, 0.3) is 17.2 Å². The molecule has 0 fully saturated rings. The number of hydrogen-bond donors (Lipinski definition) is 0. The number of carbonyl (C=O) groups is 1. The molecule has 0 atom stereocenters. The lowest BCUT2D eigenvalue weighted by atomic mass is 10.0. The lowest BCUT2D eigenvalue weighted by molar-refractivity contribution is 0.104. The molecule has 0 bridgehead atoms. The van der Waals surface area contributed by atoms with Gasteiger partial charge in [-0.1, -0.05) is 88.7 Å². The second-order valence-electron chi connectivity index (χ2n) is 5.17. The fraction of sp³-hybridized carbons (Fsp3) is 0. The van der Waals surface area contributed by atoms with Gasteiger partial charge in [0.2, 0.25) is 0 Å². The van der Waals surface area contributed by atoms with E-state index < -0.39 is 0 Å². The van der Waals surface area contributed by atoms with Crippen molar-refractivity contribution in [1.29, 1.82) is 0 Å². The first kappa shape index (κ1) is 15.4. The number of benzene rings is 3. The Labute approximate surface area is 144 Å². The van der Waals surface area contributed by atoms with E-state index in [-0.39, 0.29) is 5.78 Å². The Morgan fingerprint density at radius 2 is 1.35 bits per heavy atom. The fourth-order valence-electron chi connectivity index (χ4n) is 2.34. The predicted octanol–water partition coefficient (Wildman–Crippen LogP) is 6.01. The number of allylic oxidation sites excluding steroid dienone is 1. The van der Waals surface area contributed by atoms with Gasteiger partial charge in [0.1, 0.15) is 0 Å². The van der Waals surface area contributed by atoms with E-state index in [2.05, 4.69) is 40.2 Å². The van der Waals surface area contributed by atoms with Crippen LogP contribution in [0.15, 0.2) is 89.4 Å². The number of carbonyl (C=O) groups excluding carboxylic acids is 1. The van der Waals surface area contributed by atoms with Crippen molar-refractivity contribution in [2.75, 3.05) is 0 Å². The van der Waals surface area contributed by atoms with E-state index in [1.807, 2.05) is 60.7 Å². The molecule has 2 heteroatoms. The molecule has 0 aliphatic heterocycles. The normalized spacial score (nSPS) is 10.8. The Hall–Kier alpha value is -2.45. The van der Waals surface area contributed by atoms with Crippen LogP contribution in [0.2, 0.25) is 0 Å². The number of rotatable bonds is 4. The van der Waals surface area contributed by atoms with E-state index in [0.717, 1.165) is 10.0 Å². The average Bonchev–Trinajstić information content (AvgIpc) is 2.61. The minimum Gasteiger partial charge on any atom is -0.289 e. The van der Waals surface area contributed by atoms with Crippen LogP contribution in [-0.2, 0) is 0 Å². The molecule has 112 valence electrons. The zero-order chi connectivity index (χ0) is 16.1. The molecule has 0 radical (unpaired) electrons. The Balaban J connectivity index is 1.76. The van der Waals surface area contributed by atoms with Crippen molar-refractivity contribution in [2.45, 2.75) is 0 Å². The molecule has 0 saturated heterocycles. The van der Waals surface area contributed by atoms with E-state index in [0.29, 0.717) is 5.56 Å². The second-order valence-corrected chi connectivity index (χ2v) is 6.02. The van der Waals surface area contributed by atoms with Gasteiger partial charge in [0.05, 0.1) is 0 Å². The third-order valence-electron chi connectivity index (χ3n) is 3.58. The minimum absolute atomic E-state index is 0.00962. The molecule has 3 aromatic rings. The summed E-state index contributed by atoms with van der Waals surface area (Å²) in [5.74, 6) is -0.00962. The van der Waals surface area contributed by atoms with Gasteiger partial charge in [0, 0.05) is 10.0 Å². The molecule has 0 heterocycles. The first-order chi connectivity index (χ1) is 11.2. The van der Waals surface area contributed by atoms with Crippen LogP contribution in [0, 0.1) is 0 Å². The molecule has 0 N–H and O–H groups in total. The maximum atomic E-state index is 12.2. The van der Waals surface area contributed by atoms with Crippen molar-refractivity contribution >= 4 is 27.8 Å². The van der Waals surface area contributed by atoms with E-state index in [1.54, 1.807) is 6.08 Å². The van der Waals surface area contributed by atoms with Gasteiger partial charge in [-0.3, -0.25) is 4.79 Å². The molecule has 0 saturated carbocycles. The highest BCUT2D eigenvalue weighted by atomic mass is 79.9. The highest BCUT2D eigenvalue weighted by Crippen LogP contribution is 2.20. The molecule has 0 aliphatic carbocycles. The fourth-order valence-corrected chi connectivity index (χ4v) is 2.82. The molecule has 0 aliphatic rings. The van der Waals surface area contributed by atoms with Crippen LogP contribution in [-0.4, -0.2) is 5.78 Å². The summed E-state index contributed by atoms with van der Waals surface area (Å²) in [4.78, 5) is 12.2. The summed E-state index contributed by atoms with van der Waals surface area (Å²) in [6.45, 7) is 0. The number of hydrogen-bond acceptors (Lipinski definition) is 1. The summed E-state index contributed by atoms with van der Waals surface area (Å²) < 4.78 is 0.814. The van der Waals surface area contributed by atoms with Gasteiger partial charge in [-0.2, -0.15) is 0 Å². The maximum absolute atomic E-state index is 12.2. The van der Waals surface area contributed by atoms with E-state index in [4.69, 9.17) is 0 Å². The van der Waals surface area contributed by atoms with Crippen molar-refractivity contribution in [2.24, 2.45) is 0 Å². The van der Waals surface area contributed by atoms with E-state index in [9.17, 15) is 4.79 Å². The molecule has 3 aromatic carbocycles. The molecule has 0 unspecified atom stereocenters. The van der Waals surface area contributed by atoms with Crippen molar-refractivity contribution in [3.63, 3.8) is 0 Å². The van der Waals surface area contributed by atoms with Gasteiger partial charge in [0.15, 0.2) is 5.78 Å². The van der Waals surface area contributed by atoms with E-state index in [1.165, 1.54) is 11.1 Å². The van der Waals surface area contributed by atoms with Gasteiger partial charge in [-0.05, 0) is 34.9 Å². The maximum Gasteiger partial charge on any atom is 0.186 e. The SMILES string of the molecule is O=C(/C=C/c1ccc(-c2ccccc2)cc1)c1ccccc1Br. The minimum atomic E-state index is -0.00962. The lowest BCUT2D eigenvalue weighted by Crippen LogP contribution is -1.94. The molecular weight excluding hydrogens is 348 g/mol. The zero-order valence-corrected chi connectivity index (χ0v) is 14.0. The predicted molar refractivity (Wildman–Crippen MR) is 99.4 cm³/mol. The molecule has 23 heavy (non-hydrogen) atoms. The van der Waals surface area contributed by atoms with Crippen molar-refractivity contribution in [3.8, 4) is 11.1 Å². The van der Waals surface area contributed by atoms with Crippen LogP contribution < -0.4 is 0 Å². The Morgan fingerprint density at radius 1 is 0.739 bits per heavy atom. The van der Waals surface area contributed by atoms with Crippen molar-refractivity contribution in [1.82, 2.24) is 0 Å². The Kier molecular flexibility index (Phi) is 4.84. The van der Waals surface area contributed by atoms with Gasteiger partial charge in [-0.15, -0.1) is 0 Å². The van der Waals surface area contributed by atoms with Gasteiger partial charge in [0.25, 0.3) is 0 Å². The highest BCUT2D eigenvalue weighted by Gasteiger charge is 2.05. The Morgan fingerprint density at radius 3 is 2.04 bits per heavy atom. The van der Waals surface area contributed by atoms with Crippen LogP contribution in [0.3, 0.4) is 0 Å². The summed E-state index contributed by atoms with van der Waals surface area (Å²) in [5.41, 5.74) is 4.03. The molecule has 0 amide bonds. The standard InChI is InChI=1S/C21H15BrO/c22-20-9-5-4-8-19(20)21(23)15-12-16-10-13-18(14-11-16)17-6-2-1-3-7-17/h1-15H/b15-12+. The van der Waals surface area contributed by atoms with Gasteiger partial charge < -0.3 is 0 Å². The first-order valence-electron chi connectivity index (χ1n) is 7.36. The summed E-state index contributed by atoms with van der Waals surface area (Å²) in [7, 11) is 0. The molecular formula is C21H15BrO. The second kappa shape index (κ2) is 7.21. The lowest BCUT2D eigenvalue weighted by Gasteiger charge is -2.02. The number of ketones is 1. The quantitative estimate of drug-likeness (QED) is 0.410. The molecule has 1 nitrogen and oxygen atoms in total. The largest absolute Gasteiger partial charge is 0.289 e. The van der Waals surface area contributed by atoms with Crippen LogP contribution in [0.4, 0.5) is 0 Å². The average molecular weight is 363 g/mol. The monoisotopic (exact) mass is 362 g/mol. The van der Waals surface area contributed by atoms with Gasteiger partial charge in [-0.25, -0.2) is 0 Å². The third kappa shape index (κ3) is 3.85. The highest BCUT2D eigenvalue weighted by molar-refractivity contribution is 9.10. The van der Waals surface area contributed by atoms with Crippen LogP contribution in [0.5, 0.6) is 0 Å². The third-order valence-corrected chi connectivity index (χ3v) is 4.28. The van der Waals surface area contributed by atoms with Crippen LogP contribution in [0.1, 0.15) is 15.9 Å². The summed E-state index contributed by atoms with van der Waals surface area (Å²) in [6.07, 6.45) is 3.45. The van der Waals surface area contributed by atoms with Crippen molar-refractivity contribution in [3.05, 3.63) is 101 Å². The Bertz CT molecular complexity index is 833. The van der Waals surface area contributed by atoms with E-state index >= 15 is 0 Å². The molecule has 3 rings (SSSR count). The topological polar surface area (TPSA) is 17.1 Å². The van der Waals surface area contributed by atoms with Crippen molar-refractivity contribution < 1.29 is 4.79 Å². The zero-order valence-electron chi connectivity index (χ0n) is 12.4. The number of halogens is 1.